The number of rotatable bonds is 4. The second-order valence-electron chi connectivity index (χ2n) is 20.9. The third-order valence-corrected chi connectivity index (χ3v) is 15.5. The topological polar surface area (TPSA) is 210 Å². The molecule has 7 heterocycles. The van der Waals surface area contributed by atoms with Gasteiger partial charge in [0, 0.05) is 35.5 Å². The van der Waals surface area contributed by atoms with Crippen molar-refractivity contribution in [3.05, 3.63) is 12.2 Å². The van der Waals surface area contributed by atoms with E-state index in [1.165, 1.54) is 0 Å². The number of carbonyl (C=O) groups is 3. The van der Waals surface area contributed by atoms with Gasteiger partial charge in [-0.25, -0.2) is 9.59 Å². The lowest BCUT2D eigenvalue weighted by Crippen LogP contribution is -2.61. The van der Waals surface area contributed by atoms with Crippen LogP contribution in [0.5, 0.6) is 0 Å². The van der Waals surface area contributed by atoms with Crippen LogP contribution >= 0.6 is 0 Å². The van der Waals surface area contributed by atoms with Crippen molar-refractivity contribution >= 4 is 24.9 Å². The Morgan fingerprint density at radius 2 is 1.34 bits per heavy atom. The van der Waals surface area contributed by atoms with E-state index in [9.17, 15) is 19.8 Å². The number of ether oxygens (including phenoxy) is 6. The number of nitrogens with two attached hydrogens (primary N) is 1. The van der Waals surface area contributed by atoms with Crippen molar-refractivity contribution in [1.82, 2.24) is 0 Å². The molecule has 7 aliphatic heterocycles. The monoisotopic (exact) mass is 879 g/mol. The zero-order valence-electron chi connectivity index (χ0n) is 38.4. The van der Waals surface area contributed by atoms with E-state index in [1.54, 1.807) is 6.92 Å². The molecule has 62 heavy (non-hydrogen) atoms. The minimum atomic E-state index is -3.53. The summed E-state index contributed by atoms with van der Waals surface area (Å²) in [4.78, 5) is 42.9. The third kappa shape index (κ3) is 8.78. The molecular weight excluding hydrogens is 805 g/mol. The van der Waals surface area contributed by atoms with Crippen LogP contribution < -0.4 is 5.73 Å². The fourth-order valence-corrected chi connectivity index (χ4v) is 10.6. The van der Waals surface area contributed by atoms with Gasteiger partial charge in [0.05, 0.1) is 36.6 Å². The van der Waals surface area contributed by atoms with E-state index in [1.807, 2.05) is 74.5 Å². The molecule has 7 rings (SSSR count). The molecule has 6 fully saturated rings. The first-order chi connectivity index (χ1) is 29.0. The Morgan fingerprint density at radius 1 is 0.790 bits per heavy atom. The van der Waals surface area contributed by atoms with Crippen LogP contribution in [0, 0.1) is 28.6 Å². The molecule has 0 radical (unpaired) electrons. The maximum atomic E-state index is 15.0. The molecule has 3 spiro atoms. The molecule has 0 aromatic carbocycles. The van der Waals surface area contributed by atoms with Crippen molar-refractivity contribution in [2.45, 2.75) is 225 Å². The van der Waals surface area contributed by atoms with E-state index in [4.69, 9.17) is 52.8 Å². The lowest BCUT2D eigenvalue weighted by atomic mass is 9.73. The highest BCUT2D eigenvalue weighted by Crippen LogP contribution is 2.57. The number of aliphatic hydroxyl groups excluding tert-OH is 2. The molecule has 0 aromatic heterocycles. The largest absolute Gasteiger partial charge is 0.536 e. The second kappa shape index (κ2) is 17.9. The maximum Gasteiger partial charge on any atom is 0.536 e. The van der Waals surface area contributed by atoms with Crippen LogP contribution in [-0.4, -0.2) is 120 Å². The number of fused-ring (bicyclic) bond motifs is 6. The third-order valence-electron chi connectivity index (χ3n) is 15.5. The molecule has 0 saturated carbocycles. The van der Waals surface area contributed by atoms with Gasteiger partial charge < -0.3 is 63.0 Å². The molecule has 17 heteroatoms. The highest BCUT2D eigenvalue weighted by atomic mass is 17.0. The molecule has 0 amide bonds. The molecule has 352 valence electrons. The van der Waals surface area contributed by atoms with Gasteiger partial charge >= 0.3 is 24.9 Å². The lowest BCUT2D eigenvalue weighted by molar-refractivity contribution is -0.311. The maximum absolute atomic E-state index is 15.0. The molecule has 2 unspecified atom stereocenters. The second-order valence-corrected chi connectivity index (χ2v) is 20.9. The number of cyclic esters (lactones) is 1. The zero-order chi connectivity index (χ0) is 45.2. The molecule has 7 aliphatic rings. The highest BCUT2D eigenvalue weighted by molar-refractivity contribution is 6.56. The predicted octanol–water partition coefficient (Wildman–Crippen LogP) is 4.89. The summed E-state index contributed by atoms with van der Waals surface area (Å²) in [6.45, 7) is 15.1. The van der Waals surface area contributed by atoms with Gasteiger partial charge in [0.25, 0.3) is 0 Å². The van der Waals surface area contributed by atoms with E-state index in [-0.39, 0.29) is 18.4 Å². The molecule has 4 N–H and O–H groups in total. The fourth-order valence-electron chi connectivity index (χ4n) is 10.6. The molecule has 6 saturated heterocycles. The van der Waals surface area contributed by atoms with Crippen molar-refractivity contribution in [2.75, 3.05) is 0 Å². The molecule has 0 aliphatic carbocycles. The minimum absolute atomic E-state index is 0.142. The molecule has 16 nitrogen and oxygen atoms in total. The van der Waals surface area contributed by atoms with Gasteiger partial charge in [-0.05, 0) is 77.6 Å². The van der Waals surface area contributed by atoms with Crippen LogP contribution in [0.1, 0.15) is 140 Å². The van der Waals surface area contributed by atoms with Crippen molar-refractivity contribution in [3.8, 4) is 0 Å². The smallest absolute Gasteiger partial charge is 0.504 e. The van der Waals surface area contributed by atoms with E-state index < -0.39 is 126 Å². The van der Waals surface area contributed by atoms with Crippen molar-refractivity contribution in [2.24, 2.45) is 34.3 Å². The highest BCUT2D eigenvalue weighted by Gasteiger charge is 2.73. The summed E-state index contributed by atoms with van der Waals surface area (Å²) in [6, 6.07) is -0.902. The quantitative estimate of drug-likeness (QED) is 0.149. The van der Waals surface area contributed by atoms with Gasteiger partial charge in [0.2, 0.25) is 0 Å². The van der Waals surface area contributed by atoms with Gasteiger partial charge in [-0.2, -0.15) is 0 Å². The predicted molar refractivity (Wildman–Crippen MR) is 223 cm³/mol. The minimum Gasteiger partial charge on any atom is -0.504 e. The van der Waals surface area contributed by atoms with E-state index in [0.717, 1.165) is 0 Å². The number of carbonyl (C=O) groups excluding carboxylic acids is 3. The Morgan fingerprint density at radius 3 is 1.90 bits per heavy atom. The molecule has 17 atom stereocenters. The first-order valence-electron chi connectivity index (χ1n) is 23.3. The Balaban J connectivity index is 1.36. The van der Waals surface area contributed by atoms with Gasteiger partial charge in [0.1, 0.15) is 24.4 Å². The fraction of sp³-hybridized carbons (Fsp3) is 0.889. The lowest BCUT2D eigenvalue weighted by Gasteiger charge is -2.52. The van der Waals surface area contributed by atoms with Crippen LogP contribution in [0.15, 0.2) is 12.2 Å². The number of allylic oxidation sites excluding steroid dienone is 1. The summed E-state index contributed by atoms with van der Waals surface area (Å²) in [5.41, 5.74) is 4.48. The van der Waals surface area contributed by atoms with Crippen molar-refractivity contribution in [3.63, 3.8) is 0 Å². The first-order valence-corrected chi connectivity index (χ1v) is 23.3. The summed E-state index contributed by atoms with van der Waals surface area (Å²) in [5, 5.41) is 23.6. The number of hydrogen-bond acceptors (Lipinski definition) is 16. The van der Waals surface area contributed by atoms with Gasteiger partial charge in [-0.15, -0.1) is 0 Å². The van der Waals surface area contributed by atoms with E-state index in [0.29, 0.717) is 64.2 Å². The normalized spacial score (nSPS) is 46.3. The number of esters is 3. The molecule has 0 aromatic rings. The Bertz CT molecular complexity index is 1680. The average Bonchev–Trinajstić information content (AvgIpc) is 3.84. The Kier molecular flexibility index (Phi) is 13.8. The van der Waals surface area contributed by atoms with Crippen molar-refractivity contribution < 1.29 is 71.6 Å². The Hall–Kier alpha value is -2.19. The van der Waals surface area contributed by atoms with Crippen LogP contribution in [0.3, 0.4) is 0 Å². The standard InChI is InChI=1S/C45H73BNO15/c1-24(2)36(47)39(50)54-27(5)30-16-12-11-13-17-32(48)42(7,8)34-21-19-26(4)45(57-34)38-41(52)56-31-23-29(53-28(31)6)15-14-18-33(49)43(9,10)35-22-20-25(3)44(58-35)37(40(51)55-30)59-46(60-38,61-44)62-45/h11-12,24-38,48-49H,13-23,47H2,1-10H3/q-1/b12-11+/t25-,26-,27-,28-,29-,30+,31+,32+,33-,34+,35+,36-,37-,38?,44-,45+,46?/m1/s1. The molecular formula is C45H73BNO15-. The van der Waals surface area contributed by atoms with Crippen LogP contribution in [0.25, 0.3) is 0 Å². The average molecular weight is 879 g/mol. The SMILES string of the molecule is CC(C)[C@@H](N)C(=O)O[C@H](C)[C@@H]1C/C=C/CC[C@H](O)C(C)(C)[C@@H]2CC[C@@H](C)[C@]3(O2)O[B-]24OC3C(=O)O[C@H]3C[C@@H](CCC[C@@H](O)C(C)(C)[C@@H]5CC[C@@H](C)[C@@](O5)(O2)[C@H](O4)C(=O)O1)O[C@@H]3C. The van der Waals surface area contributed by atoms with E-state index >= 15 is 4.79 Å². The van der Waals surface area contributed by atoms with E-state index in [2.05, 4.69) is 0 Å². The number of hydrogen-bond donors (Lipinski definition) is 3. The van der Waals surface area contributed by atoms with Gasteiger partial charge in [-0.3, -0.25) is 4.79 Å². The summed E-state index contributed by atoms with van der Waals surface area (Å²) in [5.74, 6) is -7.31. The summed E-state index contributed by atoms with van der Waals surface area (Å²) < 4.78 is 66.0. The van der Waals surface area contributed by atoms with Crippen LogP contribution in [0.2, 0.25) is 0 Å². The Labute approximate surface area is 366 Å². The van der Waals surface area contributed by atoms with Gasteiger partial charge in [0.15, 0.2) is 23.8 Å². The zero-order valence-corrected chi connectivity index (χ0v) is 38.4. The summed E-state index contributed by atoms with van der Waals surface area (Å²) in [7, 11) is 0. The first kappa shape index (κ1) is 47.8. The van der Waals surface area contributed by atoms with Crippen LogP contribution in [0.4, 0.5) is 0 Å². The van der Waals surface area contributed by atoms with Gasteiger partial charge in [-0.1, -0.05) is 67.5 Å². The number of aliphatic hydroxyl groups is 2. The summed E-state index contributed by atoms with van der Waals surface area (Å²) >= 11 is 0. The molecule has 9 bridgehead atoms. The summed E-state index contributed by atoms with van der Waals surface area (Å²) in [6.07, 6.45) is -0.362. The van der Waals surface area contributed by atoms with Crippen molar-refractivity contribution in [1.29, 1.82) is 0 Å². The van der Waals surface area contributed by atoms with Crippen LogP contribution in [-0.2, 0) is 61.4 Å².